The lowest BCUT2D eigenvalue weighted by atomic mass is 10.1. The lowest BCUT2D eigenvalue weighted by Crippen LogP contribution is -2.48. The molecule has 0 bridgehead atoms. The molecule has 184 valence electrons. The first-order chi connectivity index (χ1) is 16.9. The number of nitrogens with zero attached hydrogens (tertiary/aromatic N) is 1. The topological polar surface area (TPSA) is 67.9 Å². The highest BCUT2D eigenvalue weighted by Gasteiger charge is 2.26. The van der Waals surface area contributed by atoms with Crippen LogP contribution in [0.5, 0.6) is 11.5 Å². The van der Waals surface area contributed by atoms with E-state index in [1.807, 2.05) is 30.3 Å². The molecule has 0 aliphatic rings. The molecule has 1 N–H and O–H groups in total. The van der Waals surface area contributed by atoms with Gasteiger partial charge in [0.05, 0.1) is 20.6 Å². The van der Waals surface area contributed by atoms with Crippen molar-refractivity contribution in [3.63, 3.8) is 0 Å². The van der Waals surface area contributed by atoms with Gasteiger partial charge < -0.3 is 19.7 Å². The Morgan fingerprint density at radius 2 is 1.54 bits per heavy atom. The molecule has 0 spiro atoms. The Kier molecular flexibility index (Phi) is 9.23. The molecule has 7 heteroatoms. The van der Waals surface area contributed by atoms with E-state index in [9.17, 15) is 14.0 Å². The van der Waals surface area contributed by atoms with Crippen LogP contribution in [-0.4, -0.2) is 43.5 Å². The molecule has 3 rings (SSSR count). The smallest absolute Gasteiger partial charge is 0.242 e. The monoisotopic (exact) mass is 478 g/mol. The minimum absolute atomic E-state index is 0.0726. The summed E-state index contributed by atoms with van der Waals surface area (Å²) >= 11 is 0. The summed E-state index contributed by atoms with van der Waals surface area (Å²) in [6.45, 7) is 2.34. The molecule has 0 saturated carbocycles. The molecule has 0 fully saturated rings. The van der Waals surface area contributed by atoms with Gasteiger partial charge in [0.2, 0.25) is 11.8 Å². The summed E-state index contributed by atoms with van der Waals surface area (Å²) in [6.07, 6.45) is 0.764. The van der Waals surface area contributed by atoms with Crippen LogP contribution in [0.4, 0.5) is 4.39 Å². The number of halogens is 1. The van der Waals surface area contributed by atoms with E-state index in [2.05, 4.69) is 5.32 Å². The van der Waals surface area contributed by atoms with Gasteiger partial charge in [0.15, 0.2) is 11.5 Å². The standard InChI is InChI=1S/C28H31FN2O4/c1-20(28(33)30-16-15-21-7-5-4-6-8-21)31(19-22-9-12-24(29)13-10-22)27(32)18-23-11-14-25(34-2)26(17-23)35-3/h4-14,17,20H,15-16,18-19H2,1-3H3,(H,30,33)/t20-/m1/s1. The predicted octanol–water partition coefficient (Wildman–Crippen LogP) is 4.16. The normalized spacial score (nSPS) is 11.4. The van der Waals surface area contributed by atoms with Crippen LogP contribution < -0.4 is 14.8 Å². The molecule has 0 radical (unpaired) electrons. The van der Waals surface area contributed by atoms with Gasteiger partial charge in [0.1, 0.15) is 11.9 Å². The molecule has 0 heterocycles. The van der Waals surface area contributed by atoms with Gasteiger partial charge in [-0.1, -0.05) is 48.5 Å². The number of carbonyl (C=O) groups is 2. The number of methoxy groups -OCH3 is 2. The Morgan fingerprint density at radius 3 is 2.20 bits per heavy atom. The third-order valence-corrected chi connectivity index (χ3v) is 5.79. The summed E-state index contributed by atoms with van der Waals surface area (Å²) in [7, 11) is 3.08. The Hall–Kier alpha value is -3.87. The third kappa shape index (κ3) is 7.30. The summed E-state index contributed by atoms with van der Waals surface area (Å²) < 4.78 is 24.0. The average Bonchev–Trinajstić information content (AvgIpc) is 2.88. The first-order valence-electron chi connectivity index (χ1n) is 11.5. The molecule has 1 atom stereocenters. The minimum Gasteiger partial charge on any atom is -0.493 e. The second kappa shape index (κ2) is 12.6. The van der Waals surface area contributed by atoms with Crippen molar-refractivity contribution >= 4 is 11.8 Å². The maximum atomic E-state index is 13.4. The fourth-order valence-electron chi connectivity index (χ4n) is 3.76. The molecule has 6 nitrogen and oxygen atoms in total. The highest BCUT2D eigenvalue weighted by molar-refractivity contribution is 5.88. The van der Waals surface area contributed by atoms with Crippen molar-refractivity contribution in [2.75, 3.05) is 20.8 Å². The van der Waals surface area contributed by atoms with Gasteiger partial charge in [-0.25, -0.2) is 4.39 Å². The summed E-state index contributed by atoms with van der Waals surface area (Å²) in [4.78, 5) is 27.9. The lowest BCUT2D eigenvalue weighted by Gasteiger charge is -2.29. The zero-order chi connectivity index (χ0) is 25.2. The van der Waals surface area contributed by atoms with E-state index < -0.39 is 6.04 Å². The van der Waals surface area contributed by atoms with Crippen LogP contribution >= 0.6 is 0 Å². The largest absolute Gasteiger partial charge is 0.493 e. The average molecular weight is 479 g/mol. The second-order valence-electron chi connectivity index (χ2n) is 8.22. The molecule has 35 heavy (non-hydrogen) atoms. The van der Waals surface area contributed by atoms with Crippen LogP contribution in [0.2, 0.25) is 0 Å². The lowest BCUT2D eigenvalue weighted by molar-refractivity contribution is -0.140. The van der Waals surface area contributed by atoms with Gasteiger partial charge in [0.25, 0.3) is 0 Å². The molecule has 0 saturated heterocycles. The SMILES string of the molecule is COc1ccc(CC(=O)N(Cc2ccc(F)cc2)[C@H](C)C(=O)NCCc2ccccc2)cc1OC. The molecule has 0 aliphatic heterocycles. The van der Waals surface area contributed by atoms with Crippen LogP contribution in [0, 0.1) is 5.82 Å². The van der Waals surface area contributed by atoms with E-state index in [1.54, 1.807) is 44.4 Å². The predicted molar refractivity (Wildman–Crippen MR) is 133 cm³/mol. The van der Waals surface area contributed by atoms with Gasteiger partial charge in [-0.05, 0) is 54.3 Å². The quantitative estimate of drug-likeness (QED) is 0.449. The molecular weight excluding hydrogens is 447 g/mol. The zero-order valence-corrected chi connectivity index (χ0v) is 20.3. The Morgan fingerprint density at radius 1 is 0.886 bits per heavy atom. The van der Waals surface area contributed by atoms with Gasteiger partial charge in [-0.15, -0.1) is 0 Å². The second-order valence-corrected chi connectivity index (χ2v) is 8.22. The molecule has 0 aliphatic carbocycles. The van der Waals surface area contributed by atoms with Gasteiger partial charge in [0, 0.05) is 13.1 Å². The van der Waals surface area contributed by atoms with Crippen LogP contribution in [0.1, 0.15) is 23.6 Å². The van der Waals surface area contributed by atoms with Crippen molar-refractivity contribution in [3.05, 3.63) is 95.3 Å². The van der Waals surface area contributed by atoms with E-state index in [4.69, 9.17) is 9.47 Å². The molecule has 0 unspecified atom stereocenters. The zero-order valence-electron chi connectivity index (χ0n) is 20.3. The number of hydrogen-bond acceptors (Lipinski definition) is 4. The minimum atomic E-state index is -0.719. The summed E-state index contributed by atoms with van der Waals surface area (Å²) in [5.74, 6) is 0.257. The number of rotatable bonds is 11. The van der Waals surface area contributed by atoms with Crippen LogP contribution in [0.25, 0.3) is 0 Å². The number of benzene rings is 3. The molecule has 2 amide bonds. The summed E-state index contributed by atoms with van der Waals surface area (Å²) in [5.41, 5.74) is 2.58. The van der Waals surface area contributed by atoms with E-state index in [0.29, 0.717) is 24.5 Å². The van der Waals surface area contributed by atoms with Crippen LogP contribution in [0.3, 0.4) is 0 Å². The fourth-order valence-corrected chi connectivity index (χ4v) is 3.76. The number of hydrogen-bond donors (Lipinski definition) is 1. The van der Waals surface area contributed by atoms with Crippen LogP contribution in [0.15, 0.2) is 72.8 Å². The Bertz CT molecular complexity index is 1120. The van der Waals surface area contributed by atoms with Crippen molar-refractivity contribution in [2.24, 2.45) is 0 Å². The van der Waals surface area contributed by atoms with Crippen molar-refractivity contribution in [3.8, 4) is 11.5 Å². The Balaban J connectivity index is 1.73. The maximum absolute atomic E-state index is 13.4. The molecular formula is C28H31FN2O4. The number of amides is 2. The van der Waals surface area contributed by atoms with Crippen molar-refractivity contribution in [2.45, 2.75) is 32.4 Å². The number of ether oxygens (including phenoxy) is 2. The van der Waals surface area contributed by atoms with E-state index in [0.717, 1.165) is 16.7 Å². The highest BCUT2D eigenvalue weighted by Crippen LogP contribution is 2.28. The van der Waals surface area contributed by atoms with Gasteiger partial charge in [-0.2, -0.15) is 0 Å². The highest BCUT2D eigenvalue weighted by atomic mass is 19.1. The van der Waals surface area contributed by atoms with Crippen LogP contribution in [-0.2, 0) is 29.0 Å². The van der Waals surface area contributed by atoms with Crippen molar-refractivity contribution in [1.29, 1.82) is 0 Å². The molecule has 3 aromatic carbocycles. The summed E-state index contributed by atoms with van der Waals surface area (Å²) in [5, 5.41) is 2.93. The van der Waals surface area contributed by atoms with Gasteiger partial charge in [-0.3, -0.25) is 9.59 Å². The number of nitrogens with one attached hydrogen (secondary N) is 1. The van der Waals surface area contributed by atoms with E-state index in [-0.39, 0.29) is 30.6 Å². The maximum Gasteiger partial charge on any atom is 0.242 e. The van der Waals surface area contributed by atoms with Crippen molar-refractivity contribution in [1.82, 2.24) is 10.2 Å². The van der Waals surface area contributed by atoms with Crippen molar-refractivity contribution < 1.29 is 23.5 Å². The number of carbonyl (C=O) groups excluding carboxylic acids is 2. The third-order valence-electron chi connectivity index (χ3n) is 5.79. The summed E-state index contributed by atoms with van der Waals surface area (Å²) in [6, 6.07) is 20.3. The fraction of sp³-hybridized carbons (Fsp3) is 0.286. The molecule has 0 aromatic heterocycles. The first kappa shape index (κ1) is 25.7. The first-order valence-corrected chi connectivity index (χ1v) is 11.5. The van der Waals surface area contributed by atoms with E-state index in [1.165, 1.54) is 24.1 Å². The van der Waals surface area contributed by atoms with E-state index >= 15 is 0 Å². The Labute approximate surface area is 205 Å². The molecule has 3 aromatic rings. The van der Waals surface area contributed by atoms with Gasteiger partial charge >= 0.3 is 0 Å².